The lowest BCUT2D eigenvalue weighted by atomic mass is 10.1. The van der Waals surface area contributed by atoms with E-state index in [1.54, 1.807) is 45.6 Å². The minimum atomic E-state index is -0.424. The molecule has 2 aromatic carbocycles. The second-order valence-corrected chi connectivity index (χ2v) is 5.67. The van der Waals surface area contributed by atoms with Gasteiger partial charge in [0, 0.05) is 11.1 Å². The first-order valence-corrected chi connectivity index (χ1v) is 8.40. The van der Waals surface area contributed by atoms with E-state index in [0.29, 0.717) is 28.5 Å². The van der Waals surface area contributed by atoms with Crippen molar-refractivity contribution in [3.8, 4) is 28.5 Å². The highest BCUT2D eigenvalue weighted by atomic mass is 16.5. The number of carbonyl (C=O) groups is 1. The van der Waals surface area contributed by atoms with Crippen LogP contribution in [0.15, 0.2) is 53.6 Å². The SMILES string of the molecule is COc1ccc(OC)c(-c2cc(C(=O)N/N=C\c3ccccc3OC)[nH]n2)c1. The van der Waals surface area contributed by atoms with Crippen molar-refractivity contribution in [2.45, 2.75) is 0 Å². The van der Waals surface area contributed by atoms with Crippen molar-refractivity contribution in [3.63, 3.8) is 0 Å². The van der Waals surface area contributed by atoms with Gasteiger partial charge in [-0.05, 0) is 36.4 Å². The molecule has 0 aliphatic heterocycles. The topological polar surface area (TPSA) is 97.8 Å². The van der Waals surface area contributed by atoms with E-state index in [1.807, 2.05) is 24.3 Å². The molecule has 1 aromatic heterocycles. The van der Waals surface area contributed by atoms with Crippen molar-refractivity contribution >= 4 is 12.1 Å². The summed E-state index contributed by atoms with van der Waals surface area (Å²) in [7, 11) is 4.72. The summed E-state index contributed by atoms with van der Waals surface area (Å²) in [6.45, 7) is 0. The van der Waals surface area contributed by atoms with Crippen molar-refractivity contribution < 1.29 is 19.0 Å². The van der Waals surface area contributed by atoms with E-state index in [2.05, 4.69) is 20.7 Å². The minimum Gasteiger partial charge on any atom is -0.497 e. The van der Waals surface area contributed by atoms with E-state index in [9.17, 15) is 4.79 Å². The molecule has 0 saturated carbocycles. The molecule has 0 saturated heterocycles. The second-order valence-electron chi connectivity index (χ2n) is 5.67. The highest BCUT2D eigenvalue weighted by Crippen LogP contribution is 2.32. The third-order valence-corrected chi connectivity index (χ3v) is 4.01. The molecule has 8 nitrogen and oxygen atoms in total. The van der Waals surface area contributed by atoms with Crippen molar-refractivity contribution in [3.05, 3.63) is 59.8 Å². The number of nitrogens with one attached hydrogen (secondary N) is 2. The van der Waals surface area contributed by atoms with Gasteiger partial charge in [0.1, 0.15) is 22.9 Å². The van der Waals surface area contributed by atoms with Crippen LogP contribution >= 0.6 is 0 Å². The van der Waals surface area contributed by atoms with Crippen LogP contribution in [0, 0.1) is 0 Å². The molecule has 3 aromatic rings. The highest BCUT2D eigenvalue weighted by molar-refractivity contribution is 5.94. The molecule has 0 bridgehead atoms. The summed E-state index contributed by atoms with van der Waals surface area (Å²) in [6, 6.07) is 14.3. The molecule has 0 aliphatic rings. The van der Waals surface area contributed by atoms with E-state index in [0.717, 1.165) is 5.56 Å². The van der Waals surface area contributed by atoms with Crippen LogP contribution < -0.4 is 19.6 Å². The van der Waals surface area contributed by atoms with Gasteiger partial charge in [0.05, 0.1) is 33.2 Å². The van der Waals surface area contributed by atoms with Crippen molar-refractivity contribution in [2.75, 3.05) is 21.3 Å². The first kappa shape index (κ1) is 19.0. The van der Waals surface area contributed by atoms with Gasteiger partial charge in [-0.15, -0.1) is 0 Å². The molecule has 0 atom stereocenters. The zero-order valence-corrected chi connectivity index (χ0v) is 15.7. The average Bonchev–Trinajstić information content (AvgIpc) is 3.23. The van der Waals surface area contributed by atoms with Gasteiger partial charge in [-0.2, -0.15) is 10.2 Å². The number of methoxy groups -OCH3 is 3. The number of ether oxygens (including phenoxy) is 3. The molecule has 28 heavy (non-hydrogen) atoms. The molecule has 1 amide bonds. The zero-order valence-electron chi connectivity index (χ0n) is 15.7. The fourth-order valence-corrected chi connectivity index (χ4v) is 2.58. The molecule has 0 spiro atoms. The molecule has 144 valence electrons. The lowest BCUT2D eigenvalue weighted by Gasteiger charge is -2.08. The quantitative estimate of drug-likeness (QED) is 0.485. The number of hydrogen-bond donors (Lipinski definition) is 2. The Bertz CT molecular complexity index is 997. The largest absolute Gasteiger partial charge is 0.497 e. The third kappa shape index (κ3) is 4.12. The van der Waals surface area contributed by atoms with Crippen molar-refractivity contribution in [1.82, 2.24) is 15.6 Å². The van der Waals surface area contributed by atoms with Gasteiger partial charge in [0.25, 0.3) is 5.91 Å². The summed E-state index contributed by atoms with van der Waals surface area (Å²) in [5.41, 5.74) is 4.72. The summed E-state index contributed by atoms with van der Waals surface area (Å²) >= 11 is 0. The number of rotatable bonds is 7. The summed E-state index contributed by atoms with van der Waals surface area (Å²) in [5.74, 6) is 1.51. The van der Waals surface area contributed by atoms with Crippen LogP contribution in [-0.4, -0.2) is 43.6 Å². The van der Waals surface area contributed by atoms with E-state index >= 15 is 0 Å². The Morgan fingerprint density at radius 2 is 1.82 bits per heavy atom. The molecular formula is C20H20N4O4. The fraction of sp³-hybridized carbons (Fsp3) is 0.150. The second kappa shape index (κ2) is 8.72. The summed E-state index contributed by atoms with van der Waals surface area (Å²) in [4.78, 5) is 12.3. The smallest absolute Gasteiger partial charge is 0.289 e. The van der Waals surface area contributed by atoms with E-state index < -0.39 is 5.91 Å². The Balaban J connectivity index is 1.75. The van der Waals surface area contributed by atoms with Crippen LogP contribution in [-0.2, 0) is 0 Å². The van der Waals surface area contributed by atoms with Gasteiger partial charge >= 0.3 is 0 Å². The average molecular weight is 380 g/mol. The molecule has 0 aliphatic carbocycles. The third-order valence-electron chi connectivity index (χ3n) is 4.01. The summed E-state index contributed by atoms with van der Waals surface area (Å²) in [5, 5.41) is 10.9. The van der Waals surface area contributed by atoms with Crippen molar-refractivity contribution in [1.29, 1.82) is 0 Å². The van der Waals surface area contributed by atoms with E-state index in [-0.39, 0.29) is 5.69 Å². The standard InChI is InChI=1S/C20H20N4O4/c1-26-14-8-9-19(28-3)15(10-14)16-11-17(23-22-16)20(25)24-21-12-13-6-4-5-7-18(13)27-2/h4-12H,1-3H3,(H,22,23)(H,24,25)/b21-12-. The number of carbonyl (C=O) groups excluding carboxylic acids is 1. The Hall–Kier alpha value is -3.81. The predicted octanol–water partition coefficient (Wildman–Crippen LogP) is 2.87. The molecule has 0 unspecified atom stereocenters. The predicted molar refractivity (Wildman–Crippen MR) is 105 cm³/mol. The Morgan fingerprint density at radius 3 is 2.57 bits per heavy atom. The van der Waals surface area contributed by atoms with Gasteiger partial charge in [-0.25, -0.2) is 5.43 Å². The van der Waals surface area contributed by atoms with Gasteiger partial charge in [-0.3, -0.25) is 9.89 Å². The van der Waals surface area contributed by atoms with Gasteiger partial charge in [-0.1, -0.05) is 12.1 Å². The lowest BCUT2D eigenvalue weighted by molar-refractivity contribution is 0.0950. The lowest BCUT2D eigenvalue weighted by Crippen LogP contribution is -2.18. The normalized spacial score (nSPS) is 10.7. The van der Waals surface area contributed by atoms with Crippen LogP contribution in [0.4, 0.5) is 0 Å². The highest BCUT2D eigenvalue weighted by Gasteiger charge is 2.14. The van der Waals surface area contributed by atoms with Crippen LogP contribution in [0.3, 0.4) is 0 Å². The number of para-hydroxylation sites is 1. The van der Waals surface area contributed by atoms with E-state index in [4.69, 9.17) is 14.2 Å². The van der Waals surface area contributed by atoms with E-state index in [1.165, 1.54) is 6.21 Å². The van der Waals surface area contributed by atoms with Gasteiger partial charge in [0.2, 0.25) is 0 Å². The molecule has 8 heteroatoms. The van der Waals surface area contributed by atoms with Crippen LogP contribution in [0.25, 0.3) is 11.3 Å². The maximum Gasteiger partial charge on any atom is 0.289 e. The molecule has 1 heterocycles. The molecule has 2 N–H and O–H groups in total. The summed E-state index contributed by atoms with van der Waals surface area (Å²) in [6.07, 6.45) is 1.51. The Labute approximate surface area is 162 Å². The number of aromatic amines is 1. The number of H-pyrrole nitrogens is 1. The number of aromatic nitrogens is 2. The molecule has 0 radical (unpaired) electrons. The monoisotopic (exact) mass is 380 g/mol. The molecule has 3 rings (SSSR count). The molecular weight excluding hydrogens is 360 g/mol. The van der Waals surface area contributed by atoms with Crippen molar-refractivity contribution in [2.24, 2.45) is 5.10 Å². The number of hydrazone groups is 1. The molecule has 0 fully saturated rings. The van der Waals surface area contributed by atoms with Gasteiger partial charge < -0.3 is 14.2 Å². The Kier molecular flexibility index (Phi) is 5.91. The number of benzene rings is 2. The minimum absolute atomic E-state index is 0.261. The van der Waals surface area contributed by atoms with Crippen LogP contribution in [0.2, 0.25) is 0 Å². The maximum absolute atomic E-state index is 12.3. The maximum atomic E-state index is 12.3. The number of hydrogen-bond acceptors (Lipinski definition) is 6. The van der Waals surface area contributed by atoms with Gasteiger partial charge in [0.15, 0.2) is 0 Å². The first-order chi connectivity index (χ1) is 13.7. The van der Waals surface area contributed by atoms with Crippen LogP contribution in [0.1, 0.15) is 16.1 Å². The Morgan fingerprint density at radius 1 is 1.04 bits per heavy atom. The fourth-order valence-electron chi connectivity index (χ4n) is 2.58. The first-order valence-electron chi connectivity index (χ1n) is 8.40. The van der Waals surface area contributed by atoms with Crippen LogP contribution in [0.5, 0.6) is 17.2 Å². The summed E-state index contributed by atoms with van der Waals surface area (Å²) < 4.78 is 15.8. The number of amides is 1. The zero-order chi connectivity index (χ0) is 19.9. The number of nitrogens with zero attached hydrogens (tertiary/aromatic N) is 2.